The third kappa shape index (κ3) is 10.2. The van der Waals surface area contributed by atoms with Crippen LogP contribution in [0.25, 0.3) is 0 Å². The van der Waals surface area contributed by atoms with Crippen LogP contribution in [0.2, 0.25) is 0 Å². The van der Waals surface area contributed by atoms with Crippen molar-refractivity contribution in [3.63, 3.8) is 0 Å². The van der Waals surface area contributed by atoms with E-state index >= 15 is 0 Å². The maximum atomic E-state index is 10.2. The van der Waals surface area contributed by atoms with Gasteiger partial charge in [0, 0.05) is 0 Å². The molecule has 0 atom stereocenters. The minimum absolute atomic E-state index is 0. The zero-order chi connectivity index (χ0) is 9.72. The van der Waals surface area contributed by atoms with Gasteiger partial charge >= 0.3 is 64.3 Å². The summed E-state index contributed by atoms with van der Waals surface area (Å²) in [5.41, 5.74) is 0. The molecule has 0 fully saturated rings. The summed E-state index contributed by atoms with van der Waals surface area (Å²) in [6.07, 6.45) is 0. The van der Waals surface area contributed by atoms with Gasteiger partial charge in [-0.2, -0.15) is 0 Å². The first-order chi connectivity index (χ1) is 5.43. The molecule has 70 valence electrons. The van der Waals surface area contributed by atoms with Gasteiger partial charge in [-0.05, 0) is 0 Å². The van der Waals surface area contributed by atoms with E-state index < -0.39 is 26.6 Å². The summed E-state index contributed by atoms with van der Waals surface area (Å²) >= 11 is 0. The zero-order valence-corrected chi connectivity index (χ0v) is 5.58. The topological polar surface area (TPSA) is 134 Å². The van der Waals surface area contributed by atoms with Crippen molar-refractivity contribution in [3.05, 3.63) is 0 Å². The van der Waals surface area contributed by atoms with E-state index in [9.17, 15) is 9.59 Å². The summed E-state index contributed by atoms with van der Waals surface area (Å²) in [7, 11) is -4.92. The molecule has 0 spiro atoms. The zero-order valence-electron chi connectivity index (χ0n) is 5.58. The molecule has 0 aromatic carbocycles. The number of carbonyl (C=O) groups excluding carboxylic acids is 2. The van der Waals surface area contributed by atoms with Crippen molar-refractivity contribution < 1.29 is 39.0 Å². The van der Waals surface area contributed by atoms with E-state index in [0.29, 0.717) is 0 Å². The summed E-state index contributed by atoms with van der Waals surface area (Å²) in [6.45, 7) is 0. The van der Waals surface area contributed by atoms with Gasteiger partial charge in [-0.15, -0.1) is 0 Å². The van der Waals surface area contributed by atoms with Crippen molar-refractivity contribution in [1.29, 1.82) is 0 Å². The molecular formula is C2H6B2Li2O8. The Morgan fingerprint density at radius 3 is 1.14 bits per heavy atom. The number of carbonyl (C=O) groups is 2. The predicted octanol–water partition coefficient (Wildman–Crippen LogP) is -5.29. The first-order valence-electron chi connectivity index (χ1n) is 2.57. The van der Waals surface area contributed by atoms with Crippen molar-refractivity contribution in [2.75, 3.05) is 0 Å². The molecule has 0 aliphatic rings. The molecule has 12 heteroatoms. The fourth-order valence-electron chi connectivity index (χ4n) is 0.288. The number of hydrogen-bond donors (Lipinski definition) is 4. The fraction of sp³-hybridized carbons (Fsp3) is 0. The third-order valence-electron chi connectivity index (χ3n) is 0.592. The standard InChI is InChI=1S/C2H4B2O8.2Li.2H/c5-1(11-3(7)8)2(6)12-4(9)10;;;;/h7-10H;;;;. The van der Waals surface area contributed by atoms with Crippen molar-refractivity contribution in [2.24, 2.45) is 0 Å². The summed E-state index contributed by atoms with van der Waals surface area (Å²) in [4.78, 5) is 20.5. The summed E-state index contributed by atoms with van der Waals surface area (Å²) in [5.74, 6) is -3.50. The molecule has 4 N–H and O–H groups in total. The molecule has 0 unspecified atom stereocenters. The van der Waals surface area contributed by atoms with Gasteiger partial charge in [0.05, 0.1) is 0 Å². The van der Waals surface area contributed by atoms with Crippen LogP contribution in [0.4, 0.5) is 0 Å². The molecule has 14 heavy (non-hydrogen) atoms. The molecule has 0 heterocycles. The summed E-state index contributed by atoms with van der Waals surface area (Å²) < 4.78 is 6.98. The van der Waals surface area contributed by atoms with Gasteiger partial charge in [0.15, 0.2) is 0 Å². The predicted molar refractivity (Wildman–Crippen MR) is 46.9 cm³/mol. The Bertz CT molecular complexity index is 164. The van der Waals surface area contributed by atoms with E-state index in [1.807, 2.05) is 0 Å². The second kappa shape index (κ2) is 9.65. The number of hydrogen-bond acceptors (Lipinski definition) is 8. The second-order valence-corrected chi connectivity index (χ2v) is 1.46. The fourth-order valence-corrected chi connectivity index (χ4v) is 0.288. The van der Waals surface area contributed by atoms with Crippen molar-refractivity contribution in [3.8, 4) is 0 Å². The van der Waals surface area contributed by atoms with Gasteiger partial charge in [0.1, 0.15) is 0 Å². The van der Waals surface area contributed by atoms with Crippen LogP contribution in [-0.4, -0.2) is 84.4 Å². The first kappa shape index (κ1) is 19.6. The second-order valence-electron chi connectivity index (χ2n) is 1.46. The molecule has 0 bridgehead atoms. The molecule has 0 saturated heterocycles. The van der Waals surface area contributed by atoms with Crippen molar-refractivity contribution >= 4 is 64.3 Å². The quantitative estimate of drug-likeness (QED) is 0.252. The number of rotatable bonds is 2. The molecule has 8 nitrogen and oxygen atoms in total. The Hall–Kier alpha value is 0.105. The normalized spacial score (nSPS) is 7.43. The van der Waals surface area contributed by atoms with Crippen LogP contribution in [0.15, 0.2) is 0 Å². The van der Waals surface area contributed by atoms with Crippen LogP contribution in [-0.2, 0) is 18.9 Å². The Labute approximate surface area is 103 Å². The van der Waals surface area contributed by atoms with Crippen LogP contribution >= 0.6 is 0 Å². The molecule has 0 amide bonds. The molecule has 0 aromatic heterocycles. The Kier molecular flexibility index (Phi) is 13.5. The van der Waals surface area contributed by atoms with Crippen LogP contribution < -0.4 is 0 Å². The van der Waals surface area contributed by atoms with E-state index in [4.69, 9.17) is 20.1 Å². The molecular weight excluding hydrogens is 188 g/mol. The molecule has 0 radical (unpaired) electrons. The molecule has 0 aliphatic heterocycles. The van der Waals surface area contributed by atoms with Gasteiger partial charge in [-0.1, -0.05) is 0 Å². The average molecular weight is 194 g/mol. The monoisotopic (exact) mass is 194 g/mol. The summed E-state index contributed by atoms with van der Waals surface area (Å²) in [6, 6.07) is 0. The third-order valence-corrected chi connectivity index (χ3v) is 0.592. The van der Waals surface area contributed by atoms with E-state index in [0.717, 1.165) is 0 Å². The van der Waals surface area contributed by atoms with E-state index in [-0.39, 0.29) is 37.7 Å². The minimum atomic E-state index is -2.46. The van der Waals surface area contributed by atoms with E-state index in [1.54, 1.807) is 0 Å². The van der Waals surface area contributed by atoms with Gasteiger partial charge in [-0.25, -0.2) is 9.59 Å². The Morgan fingerprint density at radius 2 is 1.00 bits per heavy atom. The van der Waals surface area contributed by atoms with Crippen molar-refractivity contribution in [1.82, 2.24) is 0 Å². The van der Waals surface area contributed by atoms with Gasteiger partial charge < -0.3 is 29.4 Å². The van der Waals surface area contributed by atoms with Gasteiger partial charge in [-0.3, -0.25) is 0 Å². The SMILES string of the molecule is O=C(OB(O)O)C(=O)OB(O)O.[LiH].[LiH]. The molecule has 0 rings (SSSR count). The van der Waals surface area contributed by atoms with E-state index in [2.05, 4.69) is 9.31 Å². The van der Waals surface area contributed by atoms with Gasteiger partial charge in [0.25, 0.3) is 0 Å². The molecule has 0 aliphatic carbocycles. The Balaban J connectivity index is -0.000000605. The van der Waals surface area contributed by atoms with Crippen LogP contribution in [0, 0.1) is 0 Å². The van der Waals surface area contributed by atoms with Crippen LogP contribution in [0.5, 0.6) is 0 Å². The molecule has 0 saturated carbocycles. The van der Waals surface area contributed by atoms with Crippen LogP contribution in [0.3, 0.4) is 0 Å². The summed E-state index contributed by atoms with van der Waals surface area (Å²) in [5, 5.41) is 31.9. The van der Waals surface area contributed by atoms with Gasteiger partial charge in [0.2, 0.25) is 0 Å². The van der Waals surface area contributed by atoms with E-state index in [1.165, 1.54) is 0 Å². The first-order valence-corrected chi connectivity index (χ1v) is 2.57. The maximum absolute atomic E-state index is 10.2. The van der Waals surface area contributed by atoms with Crippen LogP contribution in [0.1, 0.15) is 0 Å². The van der Waals surface area contributed by atoms with Crippen molar-refractivity contribution in [2.45, 2.75) is 0 Å². The molecule has 0 aromatic rings. The Morgan fingerprint density at radius 1 is 0.786 bits per heavy atom. The average Bonchev–Trinajstić information content (AvgIpc) is 1.84.